The number of rotatable bonds is 8. The molecule has 1 aliphatic heterocycles. The Balaban J connectivity index is 1.31. The van der Waals surface area contributed by atoms with Crippen LogP contribution in [-0.2, 0) is 18.3 Å². The molecule has 196 valence electrons. The van der Waals surface area contributed by atoms with Crippen LogP contribution in [0.2, 0.25) is 5.02 Å². The maximum atomic E-state index is 13.9. The largest absolute Gasteiger partial charge is 0.396 e. The van der Waals surface area contributed by atoms with Gasteiger partial charge in [-0.15, -0.1) is 0 Å². The number of aliphatic hydroxyl groups excluding tert-OH is 1. The molecule has 0 atom stereocenters. The quantitative estimate of drug-likeness (QED) is 0.215. The van der Waals surface area contributed by atoms with E-state index in [2.05, 4.69) is 23.8 Å². The lowest BCUT2D eigenvalue weighted by atomic mass is 9.54. The van der Waals surface area contributed by atoms with Crippen molar-refractivity contribution in [1.29, 1.82) is 0 Å². The Morgan fingerprint density at radius 2 is 1.73 bits per heavy atom. The molecule has 4 bridgehead atoms. The Kier molecular flexibility index (Phi) is 7.30. The fourth-order valence-corrected chi connectivity index (χ4v) is 9.20. The van der Waals surface area contributed by atoms with E-state index in [1.54, 1.807) is 0 Å². The number of thiocarbonyl (C=S) groups is 1. The van der Waals surface area contributed by atoms with E-state index in [0.29, 0.717) is 17.9 Å². The second-order valence-corrected chi connectivity index (χ2v) is 13.6. The van der Waals surface area contributed by atoms with Crippen LogP contribution < -0.4 is 0 Å². The highest BCUT2D eigenvalue weighted by atomic mass is 35.5. The molecule has 0 radical (unpaired) electrons. The highest BCUT2D eigenvalue weighted by Crippen LogP contribution is 2.56. The molecular weight excluding hydrogens is 520 g/mol. The van der Waals surface area contributed by atoms with Crippen molar-refractivity contribution in [3.8, 4) is 11.3 Å². The normalized spacial score (nSPS) is 29.8. The molecule has 4 nitrogen and oxygen atoms in total. The number of aromatic nitrogens is 1. The molecule has 4 aliphatic carbocycles. The molecule has 1 aromatic carbocycles. The van der Waals surface area contributed by atoms with Crippen LogP contribution in [-0.4, -0.2) is 37.4 Å². The highest BCUT2D eigenvalue weighted by molar-refractivity contribution is 8.26. The lowest BCUT2D eigenvalue weighted by molar-refractivity contribution is -0.130. The second-order valence-electron chi connectivity index (χ2n) is 11.5. The van der Waals surface area contributed by atoms with E-state index >= 15 is 0 Å². The van der Waals surface area contributed by atoms with Crippen LogP contribution in [0, 0.1) is 23.7 Å². The van der Waals surface area contributed by atoms with Crippen molar-refractivity contribution in [1.82, 2.24) is 9.47 Å². The van der Waals surface area contributed by atoms with Crippen molar-refractivity contribution < 1.29 is 9.90 Å². The number of carbonyl (C=O) groups excluding carboxylic acids is 1. The summed E-state index contributed by atoms with van der Waals surface area (Å²) in [6.07, 6.45) is 12.3. The number of hydrogen-bond donors (Lipinski definition) is 1. The summed E-state index contributed by atoms with van der Waals surface area (Å²) in [5, 5.41) is 9.93. The number of thioether (sulfide) groups is 1. The summed E-state index contributed by atoms with van der Waals surface area (Å²) in [4.78, 5) is 16.6. The van der Waals surface area contributed by atoms with Gasteiger partial charge in [0.05, 0.1) is 4.91 Å². The Hall–Kier alpha value is -1.60. The lowest BCUT2D eigenvalue weighted by Gasteiger charge is -2.56. The predicted molar refractivity (Wildman–Crippen MR) is 156 cm³/mol. The van der Waals surface area contributed by atoms with Crippen LogP contribution >= 0.6 is 35.6 Å². The summed E-state index contributed by atoms with van der Waals surface area (Å²) in [7, 11) is 2.07. The van der Waals surface area contributed by atoms with E-state index in [9.17, 15) is 9.90 Å². The van der Waals surface area contributed by atoms with Gasteiger partial charge in [-0.05, 0) is 110 Å². The predicted octanol–water partition coefficient (Wildman–Crippen LogP) is 7.08. The minimum Gasteiger partial charge on any atom is -0.396 e. The smallest absolute Gasteiger partial charge is 0.266 e. The average Bonchev–Trinajstić information content (AvgIpc) is 3.32. The molecule has 5 aliphatic rings. The molecule has 0 spiro atoms. The van der Waals surface area contributed by atoms with E-state index in [1.807, 2.05) is 29.2 Å². The fourth-order valence-electron chi connectivity index (χ4n) is 7.75. The third-order valence-corrected chi connectivity index (χ3v) is 10.8. The summed E-state index contributed by atoms with van der Waals surface area (Å²) in [6, 6.07) is 10.5. The van der Waals surface area contributed by atoms with Gasteiger partial charge in [0.25, 0.3) is 5.91 Å². The van der Waals surface area contributed by atoms with Gasteiger partial charge in [-0.25, -0.2) is 0 Å². The van der Waals surface area contributed by atoms with Gasteiger partial charge in [-0.3, -0.25) is 9.69 Å². The van der Waals surface area contributed by atoms with E-state index in [0.717, 1.165) is 68.7 Å². The molecule has 7 heteroatoms. The van der Waals surface area contributed by atoms with Crippen molar-refractivity contribution in [3.63, 3.8) is 0 Å². The van der Waals surface area contributed by atoms with E-state index in [1.165, 1.54) is 49.4 Å². The number of benzene rings is 1. The first-order valence-corrected chi connectivity index (χ1v) is 15.4. The first-order valence-electron chi connectivity index (χ1n) is 13.8. The SMILES string of the molecule is Cn1c(-c2ccc(Cl)cc2)cc(CCCCCO)c1C=C1SC(=S)N(C2C3CC4CC(C3)CC2C4)C1=O. The molecule has 2 aromatic rings. The van der Waals surface area contributed by atoms with Crippen molar-refractivity contribution in [2.75, 3.05) is 6.61 Å². The van der Waals surface area contributed by atoms with Crippen LogP contribution in [0.3, 0.4) is 0 Å². The third kappa shape index (κ3) is 4.84. The molecule has 37 heavy (non-hydrogen) atoms. The maximum absolute atomic E-state index is 13.9. The van der Waals surface area contributed by atoms with Crippen molar-refractivity contribution in [2.24, 2.45) is 30.7 Å². The molecule has 1 amide bonds. The summed E-state index contributed by atoms with van der Waals surface area (Å²) in [5.41, 5.74) is 4.51. The number of halogens is 1. The fraction of sp³-hybridized carbons (Fsp3) is 0.533. The Labute approximate surface area is 234 Å². The molecule has 7 rings (SSSR count). The third-order valence-electron chi connectivity index (χ3n) is 9.17. The first-order chi connectivity index (χ1) is 17.9. The van der Waals surface area contributed by atoms with Crippen LogP contribution in [0.25, 0.3) is 17.3 Å². The number of aryl methyl sites for hydroxylation is 1. The number of nitrogens with zero attached hydrogens (tertiary/aromatic N) is 2. The number of aliphatic hydroxyl groups is 1. The standard InChI is InChI=1S/C30H35ClN2O2S2/c1-32-25(20-6-8-24(31)9-7-20)16-21(5-3-2-4-10-34)26(32)17-27-29(35)33(30(36)37-27)28-22-12-18-11-19(14-22)15-23(28)13-18/h6-9,16-19,22-23,28,34H,2-5,10-15H2,1H3. The molecule has 0 unspecified atom stereocenters. The number of hydrogen-bond acceptors (Lipinski definition) is 4. The number of unbranched alkanes of at least 4 members (excludes halogenated alkanes) is 2. The van der Waals surface area contributed by atoms with E-state index in [-0.39, 0.29) is 12.5 Å². The molecule has 1 aromatic heterocycles. The van der Waals surface area contributed by atoms with Crippen LogP contribution in [0.5, 0.6) is 0 Å². The van der Waals surface area contributed by atoms with Crippen molar-refractivity contribution in [3.05, 3.63) is 51.5 Å². The molecule has 1 N–H and O–H groups in total. The molecule has 4 saturated carbocycles. The van der Waals surface area contributed by atoms with Gasteiger partial charge < -0.3 is 9.67 Å². The van der Waals surface area contributed by atoms with Gasteiger partial charge in [-0.1, -0.05) is 54.1 Å². The highest BCUT2D eigenvalue weighted by Gasteiger charge is 2.53. The zero-order valence-corrected chi connectivity index (χ0v) is 23.8. The Bertz CT molecular complexity index is 1210. The van der Waals surface area contributed by atoms with Crippen molar-refractivity contribution in [2.45, 2.75) is 63.8 Å². The molecule has 2 heterocycles. The molecule has 1 saturated heterocycles. The van der Waals surface area contributed by atoms with Gasteiger partial charge in [0, 0.05) is 36.1 Å². The lowest BCUT2D eigenvalue weighted by Crippen LogP contribution is -2.57. The van der Waals surface area contributed by atoms with Crippen LogP contribution in [0.1, 0.15) is 62.6 Å². The number of carbonyl (C=O) groups is 1. The van der Waals surface area contributed by atoms with Crippen molar-refractivity contribution >= 4 is 51.9 Å². The number of amides is 1. The van der Waals surface area contributed by atoms with Crippen LogP contribution in [0.15, 0.2) is 35.2 Å². The summed E-state index contributed by atoms with van der Waals surface area (Å²) >= 11 is 13.5. The molecule has 5 fully saturated rings. The van der Waals surface area contributed by atoms with Gasteiger partial charge in [-0.2, -0.15) is 0 Å². The van der Waals surface area contributed by atoms with Gasteiger partial charge in [0.15, 0.2) is 0 Å². The van der Waals surface area contributed by atoms with Gasteiger partial charge in [0.2, 0.25) is 0 Å². The Morgan fingerprint density at radius 1 is 1.05 bits per heavy atom. The van der Waals surface area contributed by atoms with Crippen LogP contribution in [0.4, 0.5) is 0 Å². The van der Waals surface area contributed by atoms with Gasteiger partial charge >= 0.3 is 0 Å². The maximum Gasteiger partial charge on any atom is 0.266 e. The minimum absolute atomic E-state index is 0.105. The van der Waals surface area contributed by atoms with Gasteiger partial charge in [0.1, 0.15) is 4.32 Å². The second kappa shape index (κ2) is 10.5. The summed E-state index contributed by atoms with van der Waals surface area (Å²) in [6.45, 7) is 0.227. The average molecular weight is 555 g/mol. The van der Waals surface area contributed by atoms with E-state index in [4.69, 9.17) is 23.8 Å². The topological polar surface area (TPSA) is 45.5 Å². The zero-order chi connectivity index (χ0) is 25.7. The minimum atomic E-state index is 0.105. The summed E-state index contributed by atoms with van der Waals surface area (Å²) in [5.74, 6) is 3.08. The Morgan fingerprint density at radius 3 is 2.38 bits per heavy atom. The zero-order valence-electron chi connectivity index (χ0n) is 21.4. The van der Waals surface area contributed by atoms with E-state index < -0.39 is 0 Å². The summed E-state index contributed by atoms with van der Waals surface area (Å²) < 4.78 is 2.94. The monoisotopic (exact) mass is 554 g/mol. The molecular formula is C30H35ClN2O2S2. The first kappa shape index (κ1) is 25.7.